The summed E-state index contributed by atoms with van der Waals surface area (Å²) in [6.07, 6.45) is 3.45. The van der Waals surface area contributed by atoms with Crippen molar-refractivity contribution < 1.29 is 24.0 Å². The predicted octanol–water partition coefficient (Wildman–Crippen LogP) is -1.75. The molecule has 1 rings (SSSR count). The van der Waals surface area contributed by atoms with Gasteiger partial charge in [0, 0.05) is 19.2 Å². The van der Waals surface area contributed by atoms with E-state index in [1.165, 1.54) is 11.8 Å². The van der Waals surface area contributed by atoms with Gasteiger partial charge in [0.15, 0.2) is 0 Å². The first-order valence-electron chi connectivity index (χ1n) is 9.25. The SMILES string of the molecule is CSCCC(NC(C)=O)C(=O)N1CCCC1C(=O)NC(CS)C(=O)NCC(N)=O. The van der Waals surface area contributed by atoms with E-state index in [-0.39, 0.29) is 24.1 Å². The smallest absolute Gasteiger partial charge is 0.245 e. The zero-order chi connectivity index (χ0) is 22.0. The van der Waals surface area contributed by atoms with E-state index in [4.69, 9.17) is 5.73 Å². The molecular weight excluding hydrogens is 418 g/mol. The van der Waals surface area contributed by atoms with Crippen molar-refractivity contribution in [3.63, 3.8) is 0 Å². The fraction of sp³-hybridized carbons (Fsp3) is 0.706. The second-order valence-electron chi connectivity index (χ2n) is 6.65. The lowest BCUT2D eigenvalue weighted by molar-refractivity contribution is -0.142. The number of hydrogen-bond donors (Lipinski definition) is 5. The van der Waals surface area contributed by atoms with Crippen molar-refractivity contribution in [2.24, 2.45) is 5.73 Å². The number of thiol groups is 1. The number of rotatable bonds is 11. The van der Waals surface area contributed by atoms with Crippen LogP contribution in [0.5, 0.6) is 0 Å². The van der Waals surface area contributed by atoms with Gasteiger partial charge in [-0.3, -0.25) is 24.0 Å². The van der Waals surface area contributed by atoms with E-state index < -0.39 is 35.8 Å². The summed E-state index contributed by atoms with van der Waals surface area (Å²) in [6.45, 7) is 1.39. The summed E-state index contributed by atoms with van der Waals surface area (Å²) in [5, 5.41) is 7.55. The standard InChI is InChI=1S/C17H29N5O5S2/c1-10(23)20-11(5-7-29-2)17(27)22-6-3-4-13(22)16(26)21-12(9-28)15(25)19-8-14(18)24/h11-13,28H,3-9H2,1-2H3,(H2,18,24)(H,19,25)(H,20,23)(H,21,26). The normalized spacial score (nSPS) is 17.9. The van der Waals surface area contributed by atoms with Gasteiger partial charge in [0.1, 0.15) is 18.1 Å². The summed E-state index contributed by atoms with van der Waals surface area (Å²) < 4.78 is 0. The van der Waals surface area contributed by atoms with Crippen molar-refractivity contribution in [1.82, 2.24) is 20.9 Å². The maximum Gasteiger partial charge on any atom is 0.245 e. The third kappa shape index (κ3) is 8.13. The molecule has 1 aliphatic heterocycles. The average molecular weight is 448 g/mol. The number of likely N-dealkylation sites (tertiary alicyclic amines) is 1. The highest BCUT2D eigenvalue weighted by molar-refractivity contribution is 7.98. The van der Waals surface area contributed by atoms with Crippen LogP contribution in [0.2, 0.25) is 0 Å². The first-order valence-corrected chi connectivity index (χ1v) is 11.3. The molecule has 164 valence electrons. The first-order chi connectivity index (χ1) is 13.7. The molecule has 12 heteroatoms. The zero-order valence-electron chi connectivity index (χ0n) is 16.6. The molecule has 0 radical (unpaired) electrons. The number of thioether (sulfide) groups is 1. The lowest BCUT2D eigenvalue weighted by Crippen LogP contribution is -2.57. The van der Waals surface area contributed by atoms with Crippen molar-refractivity contribution in [2.75, 3.05) is 30.9 Å². The van der Waals surface area contributed by atoms with Gasteiger partial charge in [0.25, 0.3) is 0 Å². The van der Waals surface area contributed by atoms with Crippen molar-refractivity contribution in [3.8, 4) is 0 Å². The molecule has 3 unspecified atom stereocenters. The summed E-state index contributed by atoms with van der Waals surface area (Å²) in [7, 11) is 0. The van der Waals surface area contributed by atoms with Crippen LogP contribution < -0.4 is 21.7 Å². The number of nitrogens with one attached hydrogen (secondary N) is 3. The topological polar surface area (TPSA) is 151 Å². The van der Waals surface area contributed by atoms with Crippen LogP contribution in [0, 0.1) is 0 Å². The number of hydrogen-bond acceptors (Lipinski definition) is 7. The van der Waals surface area contributed by atoms with Gasteiger partial charge in [-0.2, -0.15) is 24.4 Å². The van der Waals surface area contributed by atoms with Crippen LogP contribution in [-0.2, 0) is 24.0 Å². The minimum absolute atomic E-state index is 0.0131. The number of carbonyl (C=O) groups excluding carboxylic acids is 5. The molecule has 5 amide bonds. The van der Waals surface area contributed by atoms with E-state index in [2.05, 4.69) is 28.6 Å². The highest BCUT2D eigenvalue weighted by Gasteiger charge is 2.38. The lowest BCUT2D eigenvalue weighted by atomic mass is 10.1. The highest BCUT2D eigenvalue weighted by Crippen LogP contribution is 2.20. The van der Waals surface area contributed by atoms with Gasteiger partial charge in [-0.1, -0.05) is 0 Å². The van der Waals surface area contributed by atoms with Gasteiger partial charge in [-0.15, -0.1) is 0 Å². The summed E-state index contributed by atoms with van der Waals surface area (Å²) in [4.78, 5) is 61.5. The summed E-state index contributed by atoms with van der Waals surface area (Å²) in [6, 6.07) is -2.40. The Labute approximate surface area is 179 Å². The maximum atomic E-state index is 12.9. The molecule has 1 aliphatic rings. The molecule has 1 saturated heterocycles. The summed E-state index contributed by atoms with van der Waals surface area (Å²) in [5.41, 5.74) is 5.00. The molecule has 0 aromatic carbocycles. The number of nitrogens with two attached hydrogens (primary N) is 1. The van der Waals surface area contributed by atoms with Crippen LogP contribution in [0.25, 0.3) is 0 Å². The second-order valence-corrected chi connectivity index (χ2v) is 8.00. The molecule has 5 N–H and O–H groups in total. The van der Waals surface area contributed by atoms with E-state index in [0.29, 0.717) is 31.6 Å². The Morgan fingerprint density at radius 3 is 2.45 bits per heavy atom. The molecule has 0 aromatic rings. The Balaban J connectivity index is 2.80. The lowest BCUT2D eigenvalue weighted by Gasteiger charge is -2.29. The number of amides is 5. The van der Waals surface area contributed by atoms with Crippen molar-refractivity contribution in [1.29, 1.82) is 0 Å². The fourth-order valence-electron chi connectivity index (χ4n) is 3.00. The van der Waals surface area contributed by atoms with E-state index >= 15 is 0 Å². The molecule has 1 heterocycles. The molecular formula is C17H29N5O5S2. The maximum absolute atomic E-state index is 12.9. The zero-order valence-corrected chi connectivity index (χ0v) is 18.3. The van der Waals surface area contributed by atoms with E-state index in [1.54, 1.807) is 11.8 Å². The Hall–Kier alpha value is -1.95. The molecule has 0 aliphatic carbocycles. The van der Waals surface area contributed by atoms with Crippen LogP contribution in [0.3, 0.4) is 0 Å². The minimum Gasteiger partial charge on any atom is -0.368 e. The van der Waals surface area contributed by atoms with Crippen molar-refractivity contribution in [3.05, 3.63) is 0 Å². The van der Waals surface area contributed by atoms with Crippen molar-refractivity contribution in [2.45, 2.75) is 44.3 Å². The van der Waals surface area contributed by atoms with E-state index in [9.17, 15) is 24.0 Å². The van der Waals surface area contributed by atoms with Crippen LogP contribution in [-0.4, -0.2) is 83.4 Å². The van der Waals surface area contributed by atoms with Gasteiger partial charge in [-0.25, -0.2) is 0 Å². The van der Waals surface area contributed by atoms with Crippen molar-refractivity contribution >= 4 is 53.9 Å². The first kappa shape index (κ1) is 25.1. The third-order valence-corrected chi connectivity index (χ3v) is 5.39. The minimum atomic E-state index is -0.967. The summed E-state index contributed by atoms with van der Waals surface area (Å²) in [5.74, 6) is -1.69. The van der Waals surface area contributed by atoms with Crippen LogP contribution in [0.4, 0.5) is 0 Å². The molecule has 0 spiro atoms. The Kier molecular flexibility index (Phi) is 10.9. The highest BCUT2D eigenvalue weighted by atomic mass is 32.2. The fourth-order valence-corrected chi connectivity index (χ4v) is 3.73. The van der Waals surface area contributed by atoms with Gasteiger partial charge in [-0.05, 0) is 31.3 Å². The third-order valence-electron chi connectivity index (χ3n) is 4.38. The Morgan fingerprint density at radius 2 is 1.90 bits per heavy atom. The molecule has 0 saturated carbocycles. The number of nitrogens with zero attached hydrogens (tertiary/aromatic N) is 1. The number of carbonyl (C=O) groups is 5. The molecule has 0 aromatic heterocycles. The molecule has 0 bridgehead atoms. The van der Waals surface area contributed by atoms with E-state index in [1.807, 2.05) is 6.26 Å². The van der Waals surface area contributed by atoms with E-state index in [0.717, 1.165) is 0 Å². The monoisotopic (exact) mass is 447 g/mol. The van der Waals surface area contributed by atoms with Gasteiger partial charge in [0.2, 0.25) is 29.5 Å². The quantitative estimate of drug-likeness (QED) is 0.237. The second kappa shape index (κ2) is 12.6. The Morgan fingerprint density at radius 1 is 1.21 bits per heavy atom. The van der Waals surface area contributed by atoms with Gasteiger partial charge >= 0.3 is 0 Å². The van der Waals surface area contributed by atoms with Crippen LogP contribution in [0.15, 0.2) is 0 Å². The molecule has 10 nitrogen and oxygen atoms in total. The Bertz CT molecular complexity index is 633. The average Bonchev–Trinajstić information content (AvgIpc) is 3.16. The van der Waals surface area contributed by atoms with Crippen LogP contribution >= 0.6 is 24.4 Å². The molecule has 29 heavy (non-hydrogen) atoms. The van der Waals surface area contributed by atoms with Gasteiger partial charge in [0.05, 0.1) is 6.54 Å². The predicted molar refractivity (Wildman–Crippen MR) is 113 cm³/mol. The van der Waals surface area contributed by atoms with Crippen LogP contribution in [0.1, 0.15) is 26.2 Å². The molecule has 1 fully saturated rings. The molecule has 3 atom stereocenters. The number of primary amides is 1. The van der Waals surface area contributed by atoms with Gasteiger partial charge < -0.3 is 26.6 Å². The largest absolute Gasteiger partial charge is 0.368 e. The summed E-state index contributed by atoms with van der Waals surface area (Å²) >= 11 is 5.62.